The maximum absolute atomic E-state index is 11.9. The molecule has 2 rings (SSSR count). The van der Waals surface area contributed by atoms with Crippen LogP contribution in [0.3, 0.4) is 0 Å². The van der Waals surface area contributed by atoms with Gasteiger partial charge in [0.25, 0.3) is 0 Å². The van der Waals surface area contributed by atoms with E-state index < -0.39 is 0 Å². The lowest BCUT2D eigenvalue weighted by Crippen LogP contribution is -2.31. The second-order valence-corrected chi connectivity index (χ2v) is 4.80. The van der Waals surface area contributed by atoms with Crippen molar-refractivity contribution in [1.29, 1.82) is 0 Å². The lowest BCUT2D eigenvalue weighted by molar-refractivity contribution is -0.124. The highest BCUT2D eigenvalue weighted by atomic mass is 35.5. The first-order valence-corrected chi connectivity index (χ1v) is 6.39. The Balaban J connectivity index is 1.95. The molecule has 18 heavy (non-hydrogen) atoms. The Hall–Kier alpha value is -1.26. The summed E-state index contributed by atoms with van der Waals surface area (Å²) in [6, 6.07) is 5.41. The van der Waals surface area contributed by atoms with Crippen LogP contribution in [0.25, 0.3) is 0 Å². The molecule has 0 aromatic heterocycles. The fourth-order valence-corrected chi connectivity index (χ4v) is 2.23. The zero-order chi connectivity index (χ0) is 13.0. The number of carbonyl (C=O) groups excluding carboxylic acids is 1. The summed E-state index contributed by atoms with van der Waals surface area (Å²) in [7, 11) is 1.60. The molecule has 0 radical (unpaired) electrons. The van der Waals surface area contributed by atoms with Gasteiger partial charge in [-0.15, -0.1) is 0 Å². The molecule has 1 aromatic rings. The smallest absolute Gasteiger partial charge is 0.224 e. The molecule has 4 nitrogen and oxygen atoms in total. The van der Waals surface area contributed by atoms with Gasteiger partial charge in [0.2, 0.25) is 5.91 Å². The average Bonchev–Trinajstić information content (AvgIpc) is 2.90. The number of methoxy groups -OCH3 is 1. The molecule has 1 fully saturated rings. The molecule has 1 unspecified atom stereocenters. The van der Waals surface area contributed by atoms with Crippen molar-refractivity contribution in [2.45, 2.75) is 13.0 Å². The van der Waals surface area contributed by atoms with Crippen LogP contribution in [0.4, 0.5) is 0 Å². The Morgan fingerprint density at radius 2 is 2.44 bits per heavy atom. The van der Waals surface area contributed by atoms with Gasteiger partial charge in [-0.1, -0.05) is 17.7 Å². The number of hydrogen-bond acceptors (Lipinski definition) is 3. The summed E-state index contributed by atoms with van der Waals surface area (Å²) >= 11 is 5.89. The molecule has 1 heterocycles. The van der Waals surface area contributed by atoms with Gasteiger partial charge in [0, 0.05) is 23.7 Å². The third-order valence-corrected chi connectivity index (χ3v) is 3.37. The van der Waals surface area contributed by atoms with E-state index in [2.05, 4.69) is 10.6 Å². The van der Waals surface area contributed by atoms with Crippen LogP contribution < -0.4 is 15.4 Å². The normalized spacial score (nSPS) is 18.7. The quantitative estimate of drug-likeness (QED) is 0.872. The number of halogens is 1. The van der Waals surface area contributed by atoms with E-state index in [1.165, 1.54) is 0 Å². The van der Waals surface area contributed by atoms with Crippen LogP contribution in [0.15, 0.2) is 18.2 Å². The molecule has 1 amide bonds. The minimum Gasteiger partial charge on any atom is -0.496 e. The lowest BCUT2D eigenvalue weighted by Gasteiger charge is -2.12. The third-order valence-electron chi connectivity index (χ3n) is 3.13. The van der Waals surface area contributed by atoms with Gasteiger partial charge < -0.3 is 15.4 Å². The molecular weight excluding hydrogens is 252 g/mol. The Morgan fingerprint density at radius 1 is 1.61 bits per heavy atom. The summed E-state index contributed by atoms with van der Waals surface area (Å²) < 4.78 is 5.24. The van der Waals surface area contributed by atoms with E-state index in [0.717, 1.165) is 25.1 Å². The molecule has 1 aliphatic heterocycles. The van der Waals surface area contributed by atoms with E-state index in [-0.39, 0.29) is 11.8 Å². The number of hydrogen-bond donors (Lipinski definition) is 2. The molecule has 0 saturated carbocycles. The summed E-state index contributed by atoms with van der Waals surface area (Å²) in [5.41, 5.74) is 0.932. The first-order valence-electron chi connectivity index (χ1n) is 6.01. The minimum atomic E-state index is 0.0864. The Kier molecular flexibility index (Phi) is 4.44. The van der Waals surface area contributed by atoms with Crippen LogP contribution in [0.1, 0.15) is 12.0 Å². The summed E-state index contributed by atoms with van der Waals surface area (Å²) in [6.45, 7) is 2.15. The zero-order valence-corrected chi connectivity index (χ0v) is 11.1. The van der Waals surface area contributed by atoms with Crippen molar-refractivity contribution in [1.82, 2.24) is 10.6 Å². The number of amides is 1. The van der Waals surface area contributed by atoms with Crippen molar-refractivity contribution in [3.63, 3.8) is 0 Å². The van der Waals surface area contributed by atoms with Gasteiger partial charge >= 0.3 is 0 Å². The molecule has 0 spiro atoms. The number of nitrogens with one attached hydrogen (secondary N) is 2. The average molecular weight is 269 g/mol. The molecule has 5 heteroatoms. The molecular formula is C13H17ClN2O2. The third kappa shape index (κ3) is 3.15. The largest absolute Gasteiger partial charge is 0.496 e. The summed E-state index contributed by atoms with van der Waals surface area (Å²) in [4.78, 5) is 11.9. The Bertz CT molecular complexity index is 431. The summed E-state index contributed by atoms with van der Waals surface area (Å²) in [5, 5.41) is 6.74. The van der Waals surface area contributed by atoms with E-state index in [4.69, 9.17) is 16.3 Å². The number of ether oxygens (including phenoxy) is 1. The van der Waals surface area contributed by atoms with Gasteiger partial charge in [-0.05, 0) is 25.1 Å². The highest BCUT2D eigenvalue weighted by Gasteiger charge is 2.22. The van der Waals surface area contributed by atoms with Crippen LogP contribution in [-0.4, -0.2) is 26.1 Å². The van der Waals surface area contributed by atoms with Crippen molar-refractivity contribution in [3.8, 4) is 5.75 Å². The zero-order valence-electron chi connectivity index (χ0n) is 10.3. The number of carbonyl (C=O) groups is 1. The highest BCUT2D eigenvalue weighted by Crippen LogP contribution is 2.23. The van der Waals surface area contributed by atoms with Gasteiger partial charge in [0.1, 0.15) is 5.75 Å². The molecule has 0 aliphatic carbocycles. The summed E-state index contributed by atoms with van der Waals surface area (Å²) in [6.07, 6.45) is 0.906. The summed E-state index contributed by atoms with van der Waals surface area (Å²) in [5.74, 6) is 0.882. The van der Waals surface area contributed by atoms with Gasteiger partial charge in [0.05, 0.1) is 13.0 Å². The van der Waals surface area contributed by atoms with Crippen LogP contribution in [0.5, 0.6) is 5.75 Å². The fraction of sp³-hybridized carbons (Fsp3) is 0.462. The van der Waals surface area contributed by atoms with Crippen molar-refractivity contribution in [2.75, 3.05) is 20.2 Å². The molecule has 1 aliphatic rings. The maximum atomic E-state index is 11.9. The molecule has 1 atom stereocenters. The predicted octanol–water partition coefficient (Wildman–Crippen LogP) is 1.57. The standard InChI is InChI=1S/C13H17ClN2O2/c1-18-12-6-11(14)3-2-9(12)8-16-13(17)10-4-5-15-7-10/h2-3,6,10,15H,4-5,7-8H2,1H3,(H,16,17). The van der Waals surface area contributed by atoms with Crippen molar-refractivity contribution in [3.05, 3.63) is 28.8 Å². The Morgan fingerprint density at radius 3 is 3.11 bits per heavy atom. The van der Waals surface area contributed by atoms with E-state index in [0.29, 0.717) is 17.3 Å². The monoisotopic (exact) mass is 268 g/mol. The van der Waals surface area contributed by atoms with E-state index in [1.54, 1.807) is 19.2 Å². The maximum Gasteiger partial charge on any atom is 0.224 e. The van der Waals surface area contributed by atoms with E-state index in [9.17, 15) is 4.79 Å². The SMILES string of the molecule is COc1cc(Cl)ccc1CNC(=O)C1CCNC1. The van der Waals surface area contributed by atoms with Crippen LogP contribution in [-0.2, 0) is 11.3 Å². The van der Waals surface area contributed by atoms with Gasteiger partial charge in [0.15, 0.2) is 0 Å². The second-order valence-electron chi connectivity index (χ2n) is 4.36. The molecule has 1 aromatic carbocycles. The molecule has 98 valence electrons. The predicted molar refractivity (Wildman–Crippen MR) is 70.8 cm³/mol. The molecule has 1 saturated heterocycles. The first-order chi connectivity index (χ1) is 8.70. The minimum absolute atomic E-state index is 0.0864. The van der Waals surface area contributed by atoms with Gasteiger partial charge in [-0.3, -0.25) is 4.79 Å². The number of benzene rings is 1. The van der Waals surface area contributed by atoms with E-state index >= 15 is 0 Å². The van der Waals surface area contributed by atoms with Crippen molar-refractivity contribution < 1.29 is 9.53 Å². The van der Waals surface area contributed by atoms with Crippen LogP contribution >= 0.6 is 11.6 Å². The molecule has 0 bridgehead atoms. The fourth-order valence-electron chi connectivity index (χ4n) is 2.07. The highest BCUT2D eigenvalue weighted by molar-refractivity contribution is 6.30. The van der Waals surface area contributed by atoms with Crippen LogP contribution in [0.2, 0.25) is 5.02 Å². The second kappa shape index (κ2) is 6.07. The van der Waals surface area contributed by atoms with Crippen molar-refractivity contribution in [2.24, 2.45) is 5.92 Å². The van der Waals surface area contributed by atoms with Crippen molar-refractivity contribution >= 4 is 17.5 Å². The molecule has 2 N–H and O–H groups in total. The number of rotatable bonds is 4. The Labute approximate surface area is 112 Å². The topological polar surface area (TPSA) is 50.4 Å². The first kappa shape index (κ1) is 13.2. The lowest BCUT2D eigenvalue weighted by atomic mass is 10.1. The van der Waals surface area contributed by atoms with Gasteiger partial charge in [-0.25, -0.2) is 0 Å². The van der Waals surface area contributed by atoms with Gasteiger partial charge in [-0.2, -0.15) is 0 Å². The van der Waals surface area contributed by atoms with Crippen LogP contribution in [0, 0.1) is 5.92 Å². The van der Waals surface area contributed by atoms with E-state index in [1.807, 2.05) is 6.07 Å².